The Kier molecular flexibility index (Phi) is 60.0. The van der Waals surface area contributed by atoms with E-state index in [1.807, 2.05) is 33.3 Å². The van der Waals surface area contributed by atoms with Gasteiger partial charge in [-0.25, -0.2) is 0 Å². The van der Waals surface area contributed by atoms with Crippen LogP contribution in [0.15, 0.2) is 36.5 Å². The zero-order chi connectivity index (χ0) is 59.3. The number of allylic oxidation sites excluding steroid dienone is 5. The average Bonchev–Trinajstić information content (AvgIpc) is 3.44. The molecule has 0 spiro atoms. The van der Waals surface area contributed by atoms with Crippen LogP contribution in [-0.4, -0.2) is 69.4 Å². The largest absolute Gasteiger partial charge is 0.756 e. The number of phosphoric ester groups is 1. The second kappa shape index (κ2) is 61.3. The number of carbonyl (C=O) groups is 2. The summed E-state index contributed by atoms with van der Waals surface area (Å²) in [5.41, 5.74) is 0. The molecule has 0 aliphatic rings. The van der Waals surface area contributed by atoms with Crippen molar-refractivity contribution in [1.82, 2.24) is 5.32 Å². The van der Waals surface area contributed by atoms with Crippen molar-refractivity contribution in [3.8, 4) is 0 Å². The minimum absolute atomic E-state index is 0.0205. The van der Waals surface area contributed by atoms with Gasteiger partial charge in [0.05, 0.1) is 33.8 Å². The van der Waals surface area contributed by atoms with Gasteiger partial charge in [0.2, 0.25) is 5.91 Å². The smallest absolute Gasteiger partial charge is 0.306 e. The normalized spacial score (nSPS) is 13.7. The third kappa shape index (κ3) is 62.6. The van der Waals surface area contributed by atoms with E-state index in [1.165, 1.54) is 244 Å². The molecule has 0 aromatic rings. The van der Waals surface area contributed by atoms with E-state index in [-0.39, 0.29) is 31.5 Å². The number of hydrogen-bond donors (Lipinski definition) is 1. The molecule has 0 saturated heterocycles. The van der Waals surface area contributed by atoms with Crippen LogP contribution in [0.4, 0.5) is 0 Å². The summed E-state index contributed by atoms with van der Waals surface area (Å²) in [4.78, 5) is 40.2. The zero-order valence-corrected chi connectivity index (χ0v) is 55.7. The lowest BCUT2D eigenvalue weighted by atomic mass is 10.0. The zero-order valence-electron chi connectivity index (χ0n) is 54.8. The van der Waals surface area contributed by atoms with Gasteiger partial charge in [-0.1, -0.05) is 314 Å². The lowest BCUT2D eigenvalue weighted by Gasteiger charge is -2.30. The van der Waals surface area contributed by atoms with E-state index in [1.54, 1.807) is 0 Å². The first-order chi connectivity index (χ1) is 39.4. The van der Waals surface area contributed by atoms with E-state index in [9.17, 15) is 19.0 Å². The molecule has 3 unspecified atom stereocenters. The number of quaternary nitrogens is 1. The number of amides is 1. The molecule has 9 nitrogen and oxygen atoms in total. The number of esters is 1. The summed E-state index contributed by atoms with van der Waals surface area (Å²) in [5.74, 6) is -0.526. The second-order valence-corrected chi connectivity index (χ2v) is 26.8. The number of carbonyl (C=O) groups excluding carboxylic acids is 2. The van der Waals surface area contributed by atoms with Crippen LogP contribution in [0.5, 0.6) is 0 Å². The summed E-state index contributed by atoms with van der Waals surface area (Å²) in [6, 6.07) is -0.888. The number of likely N-dealkylation sites (N-methyl/N-ethyl adjacent to an activating group) is 1. The van der Waals surface area contributed by atoms with Gasteiger partial charge in [-0.3, -0.25) is 14.2 Å². The lowest BCUT2D eigenvalue weighted by molar-refractivity contribution is -0.870. The molecule has 81 heavy (non-hydrogen) atoms. The molecule has 0 heterocycles. The average molecular weight is 1160 g/mol. The van der Waals surface area contributed by atoms with E-state index in [2.05, 4.69) is 50.4 Å². The Labute approximate surface area is 504 Å². The van der Waals surface area contributed by atoms with Crippen LogP contribution < -0.4 is 10.2 Å². The minimum Gasteiger partial charge on any atom is -0.756 e. The fourth-order valence-electron chi connectivity index (χ4n) is 10.6. The van der Waals surface area contributed by atoms with Gasteiger partial charge in [-0.15, -0.1) is 0 Å². The standard InChI is InChI=1S/C71H137N2O7P/c1-7-10-13-16-19-22-25-28-30-32-34-35-36-37-39-41-43-46-49-52-55-58-61-64-71(75)80-69(62-59-56-53-50-47-44-27-24-21-18-15-12-9-3)68(67-79-81(76,77)78-66-65-73(4,5)6)72-70(74)63-60-57-54-51-48-45-42-40-38-33-31-29-26-23-20-17-14-11-8-2/h20,23,29,31,59,62,68-69H,7-19,21-22,24-28,30,32-58,60-61,63-67H2,1-6H3,(H-,72,74,76,77)/b23-20-,31-29-,62-59+. The molecule has 0 aromatic heterocycles. The van der Waals surface area contributed by atoms with Crippen LogP contribution in [0.1, 0.15) is 355 Å². The Balaban J connectivity index is 5.10. The molecule has 0 aliphatic carbocycles. The van der Waals surface area contributed by atoms with Crippen molar-refractivity contribution < 1.29 is 37.3 Å². The van der Waals surface area contributed by atoms with Crippen molar-refractivity contribution >= 4 is 19.7 Å². The summed E-state index contributed by atoms with van der Waals surface area (Å²) >= 11 is 0. The van der Waals surface area contributed by atoms with Gasteiger partial charge in [-0.05, 0) is 63.9 Å². The highest BCUT2D eigenvalue weighted by Crippen LogP contribution is 2.38. The van der Waals surface area contributed by atoms with Crippen molar-refractivity contribution in [2.75, 3.05) is 40.9 Å². The number of rotatable bonds is 65. The fraction of sp³-hybridized carbons (Fsp3) is 0.887. The molecular weight excluding hydrogens is 1020 g/mol. The molecule has 0 fully saturated rings. The van der Waals surface area contributed by atoms with E-state index >= 15 is 0 Å². The number of hydrogen-bond acceptors (Lipinski definition) is 7. The maximum atomic E-state index is 13.6. The van der Waals surface area contributed by atoms with Gasteiger partial charge in [0.25, 0.3) is 7.82 Å². The molecular formula is C71H137N2O7P. The van der Waals surface area contributed by atoms with Gasteiger partial charge >= 0.3 is 5.97 Å². The summed E-state index contributed by atoms with van der Waals surface area (Å²) < 4.78 is 30.5. The summed E-state index contributed by atoms with van der Waals surface area (Å²) in [6.45, 7) is 6.88. The Hall–Kier alpha value is -1.77. The number of ether oxygens (including phenoxy) is 1. The summed E-state index contributed by atoms with van der Waals surface area (Å²) in [7, 11) is 1.20. The van der Waals surface area contributed by atoms with E-state index in [4.69, 9.17) is 13.8 Å². The molecule has 0 saturated carbocycles. The highest BCUT2D eigenvalue weighted by molar-refractivity contribution is 7.45. The van der Waals surface area contributed by atoms with Crippen LogP contribution in [0.2, 0.25) is 0 Å². The number of unbranched alkanes of at least 4 members (excludes halogenated alkanes) is 45. The summed E-state index contributed by atoms with van der Waals surface area (Å²) in [5, 5.41) is 3.05. The van der Waals surface area contributed by atoms with Crippen molar-refractivity contribution in [2.45, 2.75) is 367 Å². The molecule has 0 rings (SSSR count). The molecule has 1 amide bonds. The highest BCUT2D eigenvalue weighted by atomic mass is 31.2. The van der Waals surface area contributed by atoms with Gasteiger partial charge in [0, 0.05) is 12.8 Å². The fourth-order valence-corrected chi connectivity index (χ4v) is 11.3. The van der Waals surface area contributed by atoms with Crippen molar-refractivity contribution in [2.24, 2.45) is 0 Å². The molecule has 3 atom stereocenters. The van der Waals surface area contributed by atoms with Gasteiger partial charge < -0.3 is 28.5 Å². The monoisotopic (exact) mass is 1160 g/mol. The molecule has 478 valence electrons. The van der Waals surface area contributed by atoms with Gasteiger partial charge in [0.15, 0.2) is 0 Å². The Morgan fingerprint density at radius 3 is 1.14 bits per heavy atom. The van der Waals surface area contributed by atoms with E-state index in [0.717, 1.165) is 77.0 Å². The van der Waals surface area contributed by atoms with E-state index < -0.39 is 20.0 Å². The van der Waals surface area contributed by atoms with Crippen molar-refractivity contribution in [3.63, 3.8) is 0 Å². The first-order valence-corrected chi connectivity index (χ1v) is 36.8. The molecule has 0 radical (unpaired) electrons. The van der Waals surface area contributed by atoms with E-state index in [0.29, 0.717) is 17.4 Å². The van der Waals surface area contributed by atoms with Crippen LogP contribution in [0.25, 0.3) is 0 Å². The first kappa shape index (κ1) is 79.2. The third-order valence-electron chi connectivity index (χ3n) is 16.1. The molecule has 1 N–H and O–H groups in total. The Morgan fingerprint density at radius 1 is 0.432 bits per heavy atom. The Bertz CT molecular complexity index is 1480. The van der Waals surface area contributed by atoms with Crippen molar-refractivity contribution in [3.05, 3.63) is 36.5 Å². The SMILES string of the molecule is CCCCC/C=C\C/C=C\CCCCCCCCCCCC(=O)NC(COP(=O)([O-])OCC[N+](C)(C)C)C(/C=C/CCCCCCCCCCCCC)OC(=O)CCCCCCCCCCCCCCCCCCCCCCCCC. The maximum Gasteiger partial charge on any atom is 0.306 e. The predicted molar refractivity (Wildman–Crippen MR) is 349 cm³/mol. The second-order valence-electron chi connectivity index (χ2n) is 25.4. The topological polar surface area (TPSA) is 114 Å². The number of nitrogens with zero attached hydrogens (tertiary/aromatic N) is 1. The molecule has 0 bridgehead atoms. The Morgan fingerprint density at radius 2 is 0.753 bits per heavy atom. The quantitative estimate of drug-likeness (QED) is 0.0212. The minimum atomic E-state index is -4.70. The van der Waals surface area contributed by atoms with Crippen LogP contribution in [0, 0.1) is 0 Å². The van der Waals surface area contributed by atoms with Crippen LogP contribution >= 0.6 is 7.82 Å². The van der Waals surface area contributed by atoms with Crippen LogP contribution in [0.3, 0.4) is 0 Å². The van der Waals surface area contributed by atoms with Gasteiger partial charge in [0.1, 0.15) is 19.3 Å². The molecule has 10 heteroatoms. The molecule has 0 aliphatic heterocycles. The predicted octanol–water partition coefficient (Wildman–Crippen LogP) is 21.6. The first-order valence-electron chi connectivity index (χ1n) is 35.3. The van der Waals surface area contributed by atoms with Crippen LogP contribution in [-0.2, 0) is 27.9 Å². The number of phosphoric acid groups is 1. The molecule has 0 aromatic carbocycles. The highest BCUT2D eigenvalue weighted by Gasteiger charge is 2.27. The third-order valence-corrected chi connectivity index (χ3v) is 17.0. The lowest BCUT2D eigenvalue weighted by Crippen LogP contribution is -2.47. The number of nitrogens with one attached hydrogen (secondary N) is 1. The maximum absolute atomic E-state index is 13.6. The van der Waals surface area contributed by atoms with Gasteiger partial charge in [-0.2, -0.15) is 0 Å². The summed E-state index contributed by atoms with van der Waals surface area (Å²) in [6.07, 6.45) is 75.5. The van der Waals surface area contributed by atoms with Crippen molar-refractivity contribution in [1.29, 1.82) is 0 Å².